The van der Waals surface area contributed by atoms with Gasteiger partial charge in [0.25, 0.3) is 5.69 Å². The Morgan fingerprint density at radius 2 is 1.81 bits per heavy atom. The van der Waals surface area contributed by atoms with Crippen molar-refractivity contribution in [1.82, 2.24) is 5.32 Å². The molecule has 0 bridgehead atoms. The molecule has 0 fully saturated rings. The highest BCUT2D eigenvalue weighted by molar-refractivity contribution is 6.31. The average Bonchev–Trinajstić information content (AvgIpc) is 2.87. The molecule has 10 heteroatoms. The van der Waals surface area contributed by atoms with Crippen LogP contribution in [0.1, 0.15) is 42.7 Å². The van der Waals surface area contributed by atoms with Crippen molar-refractivity contribution in [2.75, 3.05) is 21.3 Å². The molecule has 0 amide bonds. The van der Waals surface area contributed by atoms with Crippen LogP contribution in [0.2, 0.25) is 5.02 Å². The predicted molar refractivity (Wildman–Crippen MR) is 132 cm³/mol. The molecule has 1 heterocycles. The quantitative estimate of drug-likeness (QED) is 0.333. The number of esters is 1. The number of nitrogens with zero attached hydrogens (tertiary/aromatic N) is 1. The van der Waals surface area contributed by atoms with Crippen LogP contribution in [0, 0.1) is 10.1 Å². The van der Waals surface area contributed by atoms with Gasteiger partial charge >= 0.3 is 5.97 Å². The van der Waals surface area contributed by atoms with Crippen LogP contribution in [-0.4, -0.2) is 38.0 Å². The van der Waals surface area contributed by atoms with Gasteiger partial charge in [0.15, 0.2) is 17.3 Å². The summed E-state index contributed by atoms with van der Waals surface area (Å²) in [6, 6.07) is 9.54. The lowest BCUT2D eigenvalue weighted by Gasteiger charge is -2.36. The molecule has 0 radical (unpaired) electrons. The van der Waals surface area contributed by atoms with Gasteiger partial charge in [0.1, 0.15) is 0 Å². The normalized spacial score (nSPS) is 19.4. The number of ketones is 1. The van der Waals surface area contributed by atoms with Gasteiger partial charge in [-0.1, -0.05) is 17.7 Å². The molecule has 1 N–H and O–H groups in total. The molecule has 188 valence electrons. The first-order valence-electron chi connectivity index (χ1n) is 11.2. The van der Waals surface area contributed by atoms with Gasteiger partial charge in [-0.2, -0.15) is 0 Å². The Balaban J connectivity index is 1.84. The molecule has 0 saturated carbocycles. The number of hydrogen-bond acceptors (Lipinski definition) is 8. The zero-order valence-corrected chi connectivity index (χ0v) is 21.0. The maximum Gasteiger partial charge on any atom is 0.336 e. The fourth-order valence-corrected chi connectivity index (χ4v) is 5.17. The van der Waals surface area contributed by atoms with E-state index in [0.29, 0.717) is 40.5 Å². The summed E-state index contributed by atoms with van der Waals surface area (Å²) in [7, 11) is 4.35. The van der Waals surface area contributed by atoms with Crippen molar-refractivity contribution in [2.45, 2.75) is 31.6 Å². The molecule has 2 atom stereocenters. The minimum atomic E-state index is -0.903. The fourth-order valence-electron chi connectivity index (χ4n) is 4.94. The van der Waals surface area contributed by atoms with Crippen molar-refractivity contribution in [3.63, 3.8) is 0 Å². The SMILES string of the molecule is COC(=O)C1=C(C)NC2=C(C(=O)C[C@@H](c3ccc(OC)c(OC)c3)C2)[C@H]1c1cc([N+](=O)[O-])ccc1Cl. The number of carbonyl (C=O) groups is 2. The molecule has 4 rings (SSSR count). The molecule has 0 saturated heterocycles. The van der Waals surface area contributed by atoms with Gasteiger partial charge in [-0.3, -0.25) is 14.9 Å². The van der Waals surface area contributed by atoms with Gasteiger partial charge in [-0.05, 0) is 48.6 Å². The smallest absolute Gasteiger partial charge is 0.336 e. The molecule has 1 aliphatic carbocycles. The Kier molecular flexibility index (Phi) is 7.03. The average molecular weight is 513 g/mol. The summed E-state index contributed by atoms with van der Waals surface area (Å²) in [4.78, 5) is 37.4. The van der Waals surface area contributed by atoms with Crippen LogP contribution in [0.5, 0.6) is 11.5 Å². The van der Waals surface area contributed by atoms with E-state index in [0.717, 1.165) is 5.56 Å². The Morgan fingerprint density at radius 3 is 2.44 bits per heavy atom. The molecule has 9 nitrogen and oxygen atoms in total. The van der Waals surface area contributed by atoms with Gasteiger partial charge in [0.05, 0.1) is 31.8 Å². The van der Waals surface area contributed by atoms with E-state index in [1.54, 1.807) is 27.2 Å². The number of nitro benzene ring substituents is 1. The summed E-state index contributed by atoms with van der Waals surface area (Å²) < 4.78 is 15.8. The predicted octanol–water partition coefficient (Wildman–Crippen LogP) is 4.80. The van der Waals surface area contributed by atoms with Crippen molar-refractivity contribution >= 4 is 29.0 Å². The van der Waals surface area contributed by atoms with Crippen LogP contribution in [0.15, 0.2) is 58.9 Å². The van der Waals surface area contributed by atoms with Crippen LogP contribution in [0.4, 0.5) is 5.69 Å². The van der Waals surface area contributed by atoms with E-state index in [1.165, 1.54) is 25.3 Å². The van der Waals surface area contributed by atoms with Crippen LogP contribution >= 0.6 is 11.6 Å². The number of ether oxygens (including phenoxy) is 3. The van der Waals surface area contributed by atoms with Crippen molar-refractivity contribution < 1.29 is 28.7 Å². The number of halogens is 1. The molecule has 36 heavy (non-hydrogen) atoms. The fraction of sp³-hybridized carbons (Fsp3) is 0.308. The third-order valence-electron chi connectivity index (χ3n) is 6.61. The Bertz CT molecular complexity index is 1330. The highest BCUT2D eigenvalue weighted by Crippen LogP contribution is 2.48. The van der Waals surface area contributed by atoms with E-state index in [1.807, 2.05) is 12.1 Å². The first-order valence-corrected chi connectivity index (χ1v) is 11.6. The van der Waals surface area contributed by atoms with Crippen LogP contribution in [0.25, 0.3) is 0 Å². The van der Waals surface area contributed by atoms with E-state index < -0.39 is 16.8 Å². The van der Waals surface area contributed by atoms with Gasteiger partial charge in [0.2, 0.25) is 0 Å². The Hall–Kier alpha value is -3.85. The van der Waals surface area contributed by atoms with Crippen molar-refractivity contribution in [2.24, 2.45) is 0 Å². The number of carbonyl (C=O) groups excluding carboxylic acids is 2. The highest BCUT2D eigenvalue weighted by atomic mass is 35.5. The summed E-state index contributed by atoms with van der Waals surface area (Å²) in [6.45, 7) is 1.71. The second-order valence-corrected chi connectivity index (χ2v) is 8.99. The number of nitro groups is 1. The van der Waals surface area contributed by atoms with Gasteiger partial charge in [-0.25, -0.2) is 4.79 Å². The van der Waals surface area contributed by atoms with Crippen LogP contribution in [-0.2, 0) is 14.3 Å². The second kappa shape index (κ2) is 10.0. The summed E-state index contributed by atoms with van der Waals surface area (Å²) in [5.74, 6) is -0.749. The van der Waals surface area contributed by atoms with Crippen molar-refractivity contribution in [3.05, 3.63) is 85.2 Å². The van der Waals surface area contributed by atoms with E-state index in [4.69, 9.17) is 25.8 Å². The first kappa shape index (κ1) is 25.2. The molecule has 0 unspecified atom stereocenters. The van der Waals surface area contributed by atoms with E-state index in [-0.39, 0.29) is 34.4 Å². The topological polar surface area (TPSA) is 117 Å². The van der Waals surface area contributed by atoms with E-state index in [2.05, 4.69) is 5.32 Å². The number of non-ortho nitro benzene ring substituents is 1. The van der Waals surface area contributed by atoms with Crippen molar-refractivity contribution in [3.8, 4) is 11.5 Å². The van der Waals surface area contributed by atoms with E-state index >= 15 is 0 Å². The minimum Gasteiger partial charge on any atom is -0.493 e. The summed E-state index contributed by atoms with van der Waals surface area (Å²) in [6.07, 6.45) is 0.651. The molecule has 1 aliphatic heterocycles. The van der Waals surface area contributed by atoms with Gasteiger partial charge in [-0.15, -0.1) is 0 Å². The number of benzene rings is 2. The number of methoxy groups -OCH3 is 3. The largest absolute Gasteiger partial charge is 0.493 e. The van der Waals surface area contributed by atoms with Crippen LogP contribution in [0.3, 0.4) is 0 Å². The molecular formula is C26H25ClN2O7. The standard InChI is InChI=1S/C26H25ClN2O7/c1-13-23(26(31)36-4)24(17-12-16(29(32)33)6-7-18(17)27)25-19(28-13)9-15(10-20(25)30)14-5-8-21(34-2)22(11-14)35-3/h5-8,11-12,15,24,28H,9-10H2,1-4H3/t15-,24-/m0/s1. The van der Waals surface area contributed by atoms with Crippen LogP contribution < -0.4 is 14.8 Å². The summed E-state index contributed by atoms with van der Waals surface area (Å²) in [5.41, 5.74) is 2.70. The molecule has 2 aliphatic rings. The molecule has 0 spiro atoms. The van der Waals surface area contributed by atoms with E-state index in [9.17, 15) is 19.7 Å². The third-order valence-corrected chi connectivity index (χ3v) is 6.96. The second-order valence-electron chi connectivity index (χ2n) is 8.59. The maximum absolute atomic E-state index is 13.7. The lowest BCUT2D eigenvalue weighted by atomic mass is 9.71. The zero-order valence-electron chi connectivity index (χ0n) is 20.2. The molecule has 2 aromatic rings. The monoisotopic (exact) mass is 512 g/mol. The number of dihydropyridines is 1. The lowest BCUT2D eigenvalue weighted by Crippen LogP contribution is -2.36. The van der Waals surface area contributed by atoms with Gasteiger partial charge in [0, 0.05) is 46.5 Å². The number of nitrogens with one attached hydrogen (secondary N) is 1. The number of allylic oxidation sites excluding steroid dienone is 3. The Morgan fingerprint density at radius 1 is 1.08 bits per heavy atom. The Labute approximate surface area is 212 Å². The third kappa shape index (κ3) is 4.42. The number of rotatable bonds is 6. The summed E-state index contributed by atoms with van der Waals surface area (Å²) in [5, 5.41) is 14.9. The summed E-state index contributed by atoms with van der Waals surface area (Å²) >= 11 is 6.48. The maximum atomic E-state index is 13.7. The highest BCUT2D eigenvalue weighted by Gasteiger charge is 2.42. The molecule has 0 aromatic heterocycles. The lowest BCUT2D eigenvalue weighted by molar-refractivity contribution is -0.384. The minimum absolute atomic E-state index is 0.155. The number of hydrogen-bond donors (Lipinski definition) is 1. The first-order chi connectivity index (χ1) is 17.2. The zero-order chi connectivity index (χ0) is 26.1. The van der Waals surface area contributed by atoms with Gasteiger partial charge < -0.3 is 19.5 Å². The number of Topliss-reactive ketones (excluding diaryl/α,β-unsaturated/α-hetero) is 1. The molecular weight excluding hydrogens is 488 g/mol. The van der Waals surface area contributed by atoms with Crippen molar-refractivity contribution in [1.29, 1.82) is 0 Å². The molecule has 2 aromatic carbocycles.